The zero-order valence-electron chi connectivity index (χ0n) is 11.9. The number of pyridine rings is 1. The molecule has 2 aromatic heterocycles. The SMILES string of the molecule is CC(C)(CC(N)=O)n1c(=S)[nH]c2cnc3ccccc3c21. The van der Waals surface area contributed by atoms with E-state index in [1.165, 1.54) is 0 Å². The van der Waals surface area contributed by atoms with Gasteiger partial charge in [-0.25, -0.2) is 0 Å². The first-order valence-corrected chi connectivity index (χ1v) is 7.08. The van der Waals surface area contributed by atoms with E-state index in [-0.39, 0.29) is 12.3 Å². The average Bonchev–Trinajstić information content (AvgIpc) is 2.74. The smallest absolute Gasteiger partial charge is 0.219 e. The average molecular weight is 300 g/mol. The topological polar surface area (TPSA) is 76.7 Å². The van der Waals surface area contributed by atoms with Gasteiger partial charge in [-0.15, -0.1) is 0 Å². The number of carbonyl (C=O) groups excluding carboxylic acids is 1. The minimum Gasteiger partial charge on any atom is -0.370 e. The first kappa shape index (κ1) is 13.8. The molecule has 0 aliphatic rings. The summed E-state index contributed by atoms with van der Waals surface area (Å²) in [6.45, 7) is 3.91. The van der Waals surface area contributed by atoms with Gasteiger partial charge in [-0.3, -0.25) is 9.78 Å². The lowest BCUT2D eigenvalue weighted by Gasteiger charge is -2.26. The molecule has 3 N–H and O–H groups in total. The van der Waals surface area contributed by atoms with E-state index in [1.807, 2.05) is 42.7 Å². The number of H-pyrrole nitrogens is 1. The highest BCUT2D eigenvalue weighted by Gasteiger charge is 2.26. The molecule has 1 amide bonds. The summed E-state index contributed by atoms with van der Waals surface area (Å²) < 4.78 is 2.53. The Bertz CT molecular complexity index is 907. The number of nitrogens with zero attached hydrogens (tertiary/aromatic N) is 2. The Morgan fingerprint density at radius 3 is 2.86 bits per heavy atom. The third-order valence-electron chi connectivity index (χ3n) is 3.63. The molecule has 0 saturated heterocycles. The Hall–Kier alpha value is -2.21. The Labute approximate surface area is 126 Å². The van der Waals surface area contributed by atoms with Gasteiger partial charge in [0.05, 0.1) is 28.3 Å². The number of nitrogens with one attached hydrogen (secondary N) is 1. The van der Waals surface area contributed by atoms with Crippen LogP contribution in [0.25, 0.3) is 21.9 Å². The molecule has 0 atom stereocenters. The van der Waals surface area contributed by atoms with Gasteiger partial charge in [0.25, 0.3) is 0 Å². The van der Waals surface area contributed by atoms with Crippen molar-refractivity contribution in [3.8, 4) is 0 Å². The molecule has 5 nitrogen and oxygen atoms in total. The number of primary amides is 1. The number of hydrogen-bond donors (Lipinski definition) is 2. The molecule has 3 aromatic rings. The van der Waals surface area contributed by atoms with Gasteiger partial charge in [-0.05, 0) is 32.1 Å². The van der Waals surface area contributed by atoms with E-state index in [1.54, 1.807) is 6.20 Å². The van der Waals surface area contributed by atoms with E-state index in [9.17, 15) is 4.79 Å². The Morgan fingerprint density at radius 2 is 2.14 bits per heavy atom. The number of para-hydroxylation sites is 1. The van der Waals surface area contributed by atoms with E-state index in [2.05, 4.69) is 9.97 Å². The fourth-order valence-electron chi connectivity index (χ4n) is 2.81. The maximum atomic E-state index is 11.4. The van der Waals surface area contributed by atoms with Crippen LogP contribution in [0, 0.1) is 4.77 Å². The van der Waals surface area contributed by atoms with Gasteiger partial charge in [-0.1, -0.05) is 18.2 Å². The molecule has 21 heavy (non-hydrogen) atoms. The van der Waals surface area contributed by atoms with Gasteiger partial charge in [-0.2, -0.15) is 0 Å². The predicted octanol–water partition coefficient (Wildman–Crippen LogP) is 2.86. The summed E-state index contributed by atoms with van der Waals surface area (Å²) in [5.74, 6) is -0.352. The van der Waals surface area contributed by atoms with Crippen LogP contribution in [-0.2, 0) is 10.3 Å². The van der Waals surface area contributed by atoms with Crippen molar-refractivity contribution >= 4 is 40.1 Å². The number of aromatic nitrogens is 3. The van der Waals surface area contributed by atoms with E-state index in [0.717, 1.165) is 21.9 Å². The molecule has 0 saturated carbocycles. The number of benzene rings is 1. The second-order valence-electron chi connectivity index (χ2n) is 5.76. The standard InChI is InChI=1S/C15H16N4OS/c1-15(2,7-12(16)20)19-13-9-5-3-4-6-10(9)17-8-11(13)18-14(19)21/h3-6,8H,7H2,1-2H3,(H2,16,20)(H,18,21). The first-order chi connectivity index (χ1) is 9.90. The number of nitrogens with two attached hydrogens (primary N) is 1. The van der Waals surface area contributed by atoms with E-state index < -0.39 is 5.54 Å². The monoisotopic (exact) mass is 300 g/mol. The van der Waals surface area contributed by atoms with Crippen molar-refractivity contribution in [2.75, 3.05) is 0 Å². The zero-order valence-corrected chi connectivity index (χ0v) is 12.7. The normalized spacial score (nSPS) is 12.1. The van der Waals surface area contributed by atoms with E-state index >= 15 is 0 Å². The van der Waals surface area contributed by atoms with Crippen molar-refractivity contribution in [1.29, 1.82) is 0 Å². The minimum absolute atomic E-state index is 0.213. The molecule has 0 spiro atoms. The lowest BCUT2D eigenvalue weighted by molar-refractivity contribution is -0.119. The molecule has 108 valence electrons. The number of carbonyl (C=O) groups is 1. The number of rotatable bonds is 3. The highest BCUT2D eigenvalue weighted by Crippen LogP contribution is 2.30. The minimum atomic E-state index is -0.509. The van der Waals surface area contributed by atoms with Crippen LogP contribution in [0.2, 0.25) is 0 Å². The van der Waals surface area contributed by atoms with Gasteiger partial charge in [0, 0.05) is 11.8 Å². The predicted molar refractivity (Wildman–Crippen MR) is 85.6 cm³/mol. The first-order valence-electron chi connectivity index (χ1n) is 6.67. The molecule has 3 rings (SSSR count). The van der Waals surface area contributed by atoms with E-state index in [0.29, 0.717) is 4.77 Å². The molecule has 0 fully saturated rings. The summed E-state index contributed by atoms with van der Waals surface area (Å²) in [4.78, 5) is 19.0. The molecule has 0 radical (unpaired) electrons. The Morgan fingerprint density at radius 1 is 1.43 bits per heavy atom. The van der Waals surface area contributed by atoms with Crippen LogP contribution in [0.15, 0.2) is 30.5 Å². The van der Waals surface area contributed by atoms with Crippen LogP contribution in [0.1, 0.15) is 20.3 Å². The van der Waals surface area contributed by atoms with Crippen molar-refractivity contribution in [2.24, 2.45) is 5.73 Å². The second-order valence-corrected chi connectivity index (χ2v) is 6.15. The van der Waals surface area contributed by atoms with Crippen LogP contribution < -0.4 is 5.73 Å². The number of amides is 1. The lowest BCUT2D eigenvalue weighted by atomic mass is 9.99. The molecule has 0 unspecified atom stereocenters. The number of fused-ring (bicyclic) bond motifs is 3. The van der Waals surface area contributed by atoms with E-state index in [4.69, 9.17) is 18.0 Å². The third-order valence-corrected chi connectivity index (χ3v) is 3.91. The van der Waals surface area contributed by atoms with Gasteiger partial charge in [0.15, 0.2) is 4.77 Å². The molecule has 0 aliphatic heterocycles. The van der Waals surface area contributed by atoms with Crippen LogP contribution in [-0.4, -0.2) is 20.4 Å². The summed E-state index contributed by atoms with van der Waals surface area (Å²) in [7, 11) is 0. The Balaban J connectivity index is 2.42. The van der Waals surface area contributed by atoms with Gasteiger partial charge >= 0.3 is 0 Å². The molecule has 6 heteroatoms. The van der Waals surface area contributed by atoms with Crippen LogP contribution >= 0.6 is 12.2 Å². The number of imidazole rings is 1. The second kappa shape index (κ2) is 4.66. The summed E-state index contributed by atoms with van der Waals surface area (Å²) in [6, 6.07) is 7.87. The molecule has 0 aliphatic carbocycles. The largest absolute Gasteiger partial charge is 0.370 e. The summed E-state index contributed by atoms with van der Waals surface area (Å²) in [6.07, 6.45) is 1.98. The maximum absolute atomic E-state index is 11.4. The molecular weight excluding hydrogens is 284 g/mol. The van der Waals surface area contributed by atoms with Gasteiger partial charge in [0.1, 0.15) is 0 Å². The van der Waals surface area contributed by atoms with Crippen molar-refractivity contribution in [1.82, 2.24) is 14.5 Å². The lowest BCUT2D eigenvalue weighted by Crippen LogP contribution is -2.32. The quantitative estimate of drug-likeness (QED) is 0.730. The van der Waals surface area contributed by atoms with Crippen molar-refractivity contribution < 1.29 is 4.79 Å². The summed E-state index contributed by atoms with van der Waals surface area (Å²) >= 11 is 5.44. The number of aromatic amines is 1. The van der Waals surface area contributed by atoms with Gasteiger partial charge < -0.3 is 15.3 Å². The third kappa shape index (κ3) is 2.21. The maximum Gasteiger partial charge on any atom is 0.219 e. The highest BCUT2D eigenvalue weighted by molar-refractivity contribution is 7.71. The van der Waals surface area contributed by atoms with Crippen molar-refractivity contribution in [3.05, 3.63) is 35.2 Å². The zero-order chi connectivity index (χ0) is 15.2. The fourth-order valence-corrected chi connectivity index (χ4v) is 3.26. The van der Waals surface area contributed by atoms with Gasteiger partial charge in [0.2, 0.25) is 5.91 Å². The van der Waals surface area contributed by atoms with Crippen LogP contribution in [0.4, 0.5) is 0 Å². The molecular formula is C15H16N4OS. The molecule has 1 aromatic carbocycles. The molecule has 2 heterocycles. The molecule has 0 bridgehead atoms. The van der Waals surface area contributed by atoms with Crippen molar-refractivity contribution in [3.63, 3.8) is 0 Å². The summed E-state index contributed by atoms with van der Waals surface area (Å²) in [5, 5.41) is 1.000. The number of hydrogen-bond acceptors (Lipinski definition) is 3. The Kier molecular flexibility index (Phi) is 3.06. The van der Waals surface area contributed by atoms with Crippen molar-refractivity contribution in [2.45, 2.75) is 25.8 Å². The fraction of sp³-hybridized carbons (Fsp3) is 0.267. The summed E-state index contributed by atoms with van der Waals surface area (Å²) in [5.41, 5.74) is 7.58. The van der Waals surface area contributed by atoms with Crippen LogP contribution in [0.3, 0.4) is 0 Å². The van der Waals surface area contributed by atoms with Crippen LogP contribution in [0.5, 0.6) is 0 Å². The highest BCUT2D eigenvalue weighted by atomic mass is 32.1.